The number of carbonyl (C=O) groups is 1. The van der Waals surface area contributed by atoms with E-state index in [4.69, 9.17) is 0 Å². The van der Waals surface area contributed by atoms with E-state index < -0.39 is 11.9 Å². The molecule has 2 aliphatic rings. The largest absolute Gasteiger partial charge is 0.434 e. The van der Waals surface area contributed by atoms with Gasteiger partial charge in [-0.15, -0.1) is 23.7 Å². The molecule has 1 amide bonds. The zero-order valence-electron chi connectivity index (χ0n) is 12.4. The fourth-order valence-electron chi connectivity index (χ4n) is 3.10. The Morgan fingerprint density at radius 2 is 2.13 bits per heavy atom. The van der Waals surface area contributed by atoms with Crippen LogP contribution in [0.3, 0.4) is 0 Å². The number of nitrogens with zero attached hydrogens (tertiary/aromatic N) is 2. The fourth-order valence-corrected chi connectivity index (χ4v) is 4.05. The van der Waals surface area contributed by atoms with E-state index in [9.17, 15) is 18.0 Å². The maximum Gasteiger partial charge on any atom is 0.434 e. The zero-order valence-corrected chi connectivity index (χ0v) is 14.1. The van der Waals surface area contributed by atoms with Gasteiger partial charge in [0.15, 0.2) is 5.69 Å². The molecule has 2 fully saturated rings. The monoisotopic (exact) mass is 369 g/mol. The number of halogens is 4. The summed E-state index contributed by atoms with van der Waals surface area (Å²) in [6.07, 6.45) is -0.964. The van der Waals surface area contributed by atoms with Crippen molar-refractivity contribution in [2.24, 2.45) is 0 Å². The molecule has 130 valence electrons. The normalized spacial score (nSPS) is 25.3. The number of hydrogen-bond acceptors (Lipinski definition) is 4. The Balaban J connectivity index is 0.00000192. The summed E-state index contributed by atoms with van der Waals surface area (Å²) in [6, 6.07) is -0.124. The molecule has 0 aromatic carbocycles. The van der Waals surface area contributed by atoms with Crippen LogP contribution in [-0.2, 0) is 11.0 Å². The van der Waals surface area contributed by atoms with E-state index in [1.807, 2.05) is 0 Å². The van der Waals surface area contributed by atoms with Crippen molar-refractivity contribution in [3.8, 4) is 0 Å². The molecule has 23 heavy (non-hydrogen) atoms. The van der Waals surface area contributed by atoms with Crippen LogP contribution < -0.4 is 5.32 Å². The van der Waals surface area contributed by atoms with Gasteiger partial charge in [0.2, 0.25) is 5.91 Å². The second-order valence-corrected chi connectivity index (χ2v) is 6.73. The third-order valence-corrected chi connectivity index (χ3v) is 5.26. The predicted molar refractivity (Wildman–Crippen MR) is 83.9 cm³/mol. The predicted octanol–water partition coefficient (Wildman–Crippen LogP) is 3.04. The summed E-state index contributed by atoms with van der Waals surface area (Å²) >= 11 is 1.04. The topological polar surface area (TPSA) is 45.2 Å². The Morgan fingerprint density at radius 1 is 1.35 bits per heavy atom. The minimum absolute atomic E-state index is 0. The maximum atomic E-state index is 12.6. The number of likely N-dealkylation sites (tertiary alicyclic amines) is 1. The van der Waals surface area contributed by atoms with Gasteiger partial charge in [-0.2, -0.15) is 13.2 Å². The molecule has 0 bridgehead atoms. The highest BCUT2D eigenvalue weighted by Crippen LogP contribution is 2.35. The van der Waals surface area contributed by atoms with Gasteiger partial charge in [-0.25, -0.2) is 4.98 Å². The van der Waals surface area contributed by atoms with Gasteiger partial charge in [0.05, 0.1) is 11.0 Å². The SMILES string of the molecule is Cl.O=C(C1CCCN1)N1CCCC(c2nc(C(F)(F)F)cs2)C1. The summed E-state index contributed by atoms with van der Waals surface area (Å²) in [5.74, 6) is -0.00463. The van der Waals surface area contributed by atoms with Crippen molar-refractivity contribution < 1.29 is 18.0 Å². The third kappa shape index (κ3) is 4.16. The average molecular weight is 370 g/mol. The van der Waals surface area contributed by atoms with E-state index in [-0.39, 0.29) is 30.3 Å². The quantitative estimate of drug-likeness (QED) is 0.871. The first-order valence-electron chi connectivity index (χ1n) is 7.50. The average Bonchev–Trinajstić information content (AvgIpc) is 3.17. The van der Waals surface area contributed by atoms with E-state index in [1.54, 1.807) is 4.90 Å². The molecular weight excluding hydrogens is 351 g/mol. The van der Waals surface area contributed by atoms with Crippen LogP contribution in [0.1, 0.15) is 42.3 Å². The first kappa shape index (κ1) is 18.5. The number of alkyl halides is 3. The molecule has 2 saturated heterocycles. The smallest absolute Gasteiger partial charge is 0.341 e. The number of carbonyl (C=O) groups excluding carboxylic acids is 1. The summed E-state index contributed by atoms with van der Waals surface area (Å²) in [7, 11) is 0. The van der Waals surface area contributed by atoms with Crippen molar-refractivity contribution in [2.75, 3.05) is 19.6 Å². The van der Waals surface area contributed by atoms with Crippen molar-refractivity contribution in [1.82, 2.24) is 15.2 Å². The van der Waals surface area contributed by atoms with Crippen LogP contribution in [0.5, 0.6) is 0 Å². The Kier molecular flexibility index (Phi) is 5.91. The van der Waals surface area contributed by atoms with Gasteiger partial charge in [0.25, 0.3) is 0 Å². The molecule has 2 aliphatic heterocycles. The van der Waals surface area contributed by atoms with Crippen LogP contribution in [0.4, 0.5) is 13.2 Å². The molecule has 4 nitrogen and oxygen atoms in total. The van der Waals surface area contributed by atoms with Crippen LogP contribution in [0.15, 0.2) is 5.38 Å². The highest BCUT2D eigenvalue weighted by Gasteiger charge is 2.36. The van der Waals surface area contributed by atoms with Crippen molar-refractivity contribution in [1.29, 1.82) is 0 Å². The summed E-state index contributed by atoms with van der Waals surface area (Å²) in [6.45, 7) is 2.02. The summed E-state index contributed by atoms with van der Waals surface area (Å²) in [5, 5.41) is 4.73. The highest BCUT2D eigenvalue weighted by molar-refractivity contribution is 7.09. The summed E-state index contributed by atoms with van der Waals surface area (Å²) in [4.78, 5) is 17.9. The van der Waals surface area contributed by atoms with Gasteiger partial charge in [-0.1, -0.05) is 0 Å². The van der Waals surface area contributed by atoms with Crippen LogP contribution in [0, 0.1) is 0 Å². The highest BCUT2D eigenvalue weighted by atomic mass is 35.5. The minimum Gasteiger partial charge on any atom is -0.341 e. The van der Waals surface area contributed by atoms with Gasteiger partial charge < -0.3 is 10.2 Å². The van der Waals surface area contributed by atoms with E-state index in [2.05, 4.69) is 10.3 Å². The Morgan fingerprint density at radius 3 is 2.74 bits per heavy atom. The molecule has 3 heterocycles. The third-order valence-electron chi connectivity index (χ3n) is 4.25. The molecule has 1 N–H and O–H groups in total. The number of thiazole rings is 1. The Bertz CT molecular complexity index is 546. The van der Waals surface area contributed by atoms with Gasteiger partial charge in [0.1, 0.15) is 0 Å². The number of piperidine rings is 1. The number of rotatable bonds is 2. The zero-order chi connectivity index (χ0) is 15.7. The number of hydrogen-bond donors (Lipinski definition) is 1. The van der Waals surface area contributed by atoms with Gasteiger partial charge in [-0.05, 0) is 32.2 Å². The van der Waals surface area contributed by atoms with Gasteiger partial charge in [-0.3, -0.25) is 4.79 Å². The van der Waals surface area contributed by atoms with Crippen molar-refractivity contribution in [3.63, 3.8) is 0 Å². The Hall–Kier alpha value is -0.860. The van der Waals surface area contributed by atoms with E-state index in [1.165, 1.54) is 0 Å². The molecular formula is C14H19ClF3N3OS. The second-order valence-electron chi connectivity index (χ2n) is 5.84. The van der Waals surface area contributed by atoms with Crippen LogP contribution in [-0.4, -0.2) is 41.5 Å². The van der Waals surface area contributed by atoms with Crippen LogP contribution in [0.25, 0.3) is 0 Å². The lowest BCUT2D eigenvalue weighted by Gasteiger charge is -2.33. The van der Waals surface area contributed by atoms with Crippen LogP contribution >= 0.6 is 23.7 Å². The molecule has 3 rings (SSSR count). The van der Waals surface area contributed by atoms with Crippen molar-refractivity contribution in [2.45, 2.75) is 43.8 Å². The van der Waals surface area contributed by atoms with E-state index >= 15 is 0 Å². The van der Waals surface area contributed by atoms with Gasteiger partial charge in [0, 0.05) is 24.4 Å². The lowest BCUT2D eigenvalue weighted by Crippen LogP contribution is -2.47. The fraction of sp³-hybridized carbons (Fsp3) is 0.714. The standard InChI is InChI=1S/C14H18F3N3OS.ClH/c15-14(16,17)11-8-22-12(19-11)9-3-2-6-20(7-9)13(21)10-4-1-5-18-10;/h8-10,18H,1-7H2;1H. The molecule has 1 aromatic rings. The molecule has 2 unspecified atom stereocenters. The molecule has 9 heteroatoms. The lowest BCUT2D eigenvalue weighted by atomic mass is 9.98. The number of aromatic nitrogens is 1. The number of amides is 1. The minimum atomic E-state index is -4.40. The first-order valence-corrected chi connectivity index (χ1v) is 8.38. The van der Waals surface area contributed by atoms with E-state index in [0.717, 1.165) is 48.9 Å². The molecule has 0 aliphatic carbocycles. The van der Waals surface area contributed by atoms with Gasteiger partial charge >= 0.3 is 6.18 Å². The molecule has 2 atom stereocenters. The second kappa shape index (κ2) is 7.36. The van der Waals surface area contributed by atoms with E-state index in [0.29, 0.717) is 18.1 Å². The summed E-state index contributed by atoms with van der Waals surface area (Å²) in [5.41, 5.74) is -0.826. The summed E-state index contributed by atoms with van der Waals surface area (Å²) < 4.78 is 37.9. The Labute approximate surface area is 142 Å². The van der Waals surface area contributed by atoms with Crippen LogP contribution in [0.2, 0.25) is 0 Å². The molecule has 0 saturated carbocycles. The lowest BCUT2D eigenvalue weighted by molar-refractivity contribution is -0.141. The van der Waals surface area contributed by atoms with Crippen molar-refractivity contribution in [3.05, 3.63) is 16.1 Å². The molecule has 0 spiro atoms. The molecule has 0 radical (unpaired) electrons. The number of nitrogens with one attached hydrogen (secondary N) is 1. The van der Waals surface area contributed by atoms with Crippen molar-refractivity contribution >= 4 is 29.7 Å². The maximum absolute atomic E-state index is 12.6. The first-order chi connectivity index (χ1) is 10.4. The molecule has 1 aromatic heterocycles.